The zero-order chi connectivity index (χ0) is 15.4. The third kappa shape index (κ3) is 4.33. The second-order valence-corrected chi connectivity index (χ2v) is 6.13. The van der Waals surface area contributed by atoms with E-state index in [1.54, 1.807) is 0 Å². The highest BCUT2D eigenvalue weighted by molar-refractivity contribution is 9.10. The largest absolute Gasteiger partial charge is 0.334 e. The van der Waals surface area contributed by atoms with Crippen LogP contribution in [-0.2, 0) is 6.54 Å². The van der Waals surface area contributed by atoms with Crippen molar-refractivity contribution in [3.8, 4) is 0 Å². The van der Waals surface area contributed by atoms with Gasteiger partial charge in [0, 0.05) is 16.7 Å². The molecule has 0 fully saturated rings. The summed E-state index contributed by atoms with van der Waals surface area (Å²) in [5.41, 5.74) is 5.21. The number of carbonyl (C=O) groups is 1. The van der Waals surface area contributed by atoms with Crippen LogP contribution in [-0.4, -0.2) is 6.03 Å². The van der Waals surface area contributed by atoms with Crippen molar-refractivity contribution in [3.63, 3.8) is 0 Å². The van der Waals surface area contributed by atoms with Gasteiger partial charge in [-0.25, -0.2) is 4.79 Å². The first kappa shape index (κ1) is 15.6. The van der Waals surface area contributed by atoms with Crippen LogP contribution in [0.15, 0.2) is 40.9 Å². The molecule has 0 radical (unpaired) electrons. The lowest BCUT2D eigenvalue weighted by molar-refractivity contribution is 0.251. The molecule has 0 unspecified atom stereocenters. The van der Waals surface area contributed by atoms with Crippen molar-refractivity contribution in [2.75, 3.05) is 5.32 Å². The van der Waals surface area contributed by atoms with Crippen molar-refractivity contribution in [1.29, 1.82) is 0 Å². The van der Waals surface area contributed by atoms with Gasteiger partial charge in [-0.1, -0.05) is 45.8 Å². The number of anilines is 1. The van der Waals surface area contributed by atoms with Crippen LogP contribution >= 0.6 is 15.9 Å². The van der Waals surface area contributed by atoms with Crippen LogP contribution in [0.3, 0.4) is 0 Å². The van der Waals surface area contributed by atoms with Crippen molar-refractivity contribution in [2.24, 2.45) is 0 Å². The fourth-order valence-corrected chi connectivity index (χ4v) is 2.96. The summed E-state index contributed by atoms with van der Waals surface area (Å²) in [7, 11) is 0. The summed E-state index contributed by atoms with van der Waals surface area (Å²) >= 11 is 3.45. The fraction of sp³-hybridized carbons (Fsp3) is 0.235. The monoisotopic (exact) mass is 346 g/mol. The van der Waals surface area contributed by atoms with Crippen molar-refractivity contribution in [1.82, 2.24) is 5.32 Å². The predicted molar refractivity (Wildman–Crippen MR) is 90.7 cm³/mol. The zero-order valence-corrected chi connectivity index (χ0v) is 14.0. The molecule has 4 heteroatoms. The van der Waals surface area contributed by atoms with E-state index in [0.717, 1.165) is 26.9 Å². The van der Waals surface area contributed by atoms with Crippen molar-refractivity contribution in [3.05, 3.63) is 63.1 Å². The summed E-state index contributed by atoms with van der Waals surface area (Å²) in [4.78, 5) is 12.0. The maximum Gasteiger partial charge on any atom is 0.319 e. The molecule has 2 aromatic rings. The molecule has 110 valence electrons. The molecular formula is C17H19BrN2O. The lowest BCUT2D eigenvalue weighted by Crippen LogP contribution is -2.28. The quantitative estimate of drug-likeness (QED) is 0.831. The van der Waals surface area contributed by atoms with E-state index >= 15 is 0 Å². The molecule has 2 aromatic carbocycles. The second kappa shape index (κ2) is 6.76. The van der Waals surface area contributed by atoms with E-state index in [1.165, 1.54) is 5.56 Å². The van der Waals surface area contributed by atoms with Gasteiger partial charge in [-0.15, -0.1) is 0 Å². The number of amides is 2. The average Bonchev–Trinajstić information content (AvgIpc) is 2.40. The number of rotatable bonds is 3. The van der Waals surface area contributed by atoms with Gasteiger partial charge in [0.1, 0.15) is 0 Å². The molecule has 21 heavy (non-hydrogen) atoms. The molecule has 3 nitrogen and oxygen atoms in total. The summed E-state index contributed by atoms with van der Waals surface area (Å²) in [5, 5.41) is 5.80. The SMILES string of the molecule is Cc1cccc(CNC(=O)Nc2c(C)cc(Br)cc2C)c1. The Labute approximate surface area is 133 Å². The number of urea groups is 1. The summed E-state index contributed by atoms with van der Waals surface area (Å²) in [5.74, 6) is 0. The van der Waals surface area contributed by atoms with Crippen molar-refractivity contribution in [2.45, 2.75) is 27.3 Å². The second-order valence-electron chi connectivity index (χ2n) is 5.21. The van der Waals surface area contributed by atoms with Gasteiger partial charge in [-0.3, -0.25) is 0 Å². The van der Waals surface area contributed by atoms with E-state index in [9.17, 15) is 4.79 Å². The number of aryl methyl sites for hydroxylation is 3. The van der Waals surface area contributed by atoms with E-state index in [4.69, 9.17) is 0 Å². The summed E-state index contributed by atoms with van der Waals surface area (Å²) in [6.07, 6.45) is 0. The van der Waals surface area contributed by atoms with E-state index in [0.29, 0.717) is 6.54 Å². The highest BCUT2D eigenvalue weighted by Gasteiger charge is 2.08. The lowest BCUT2D eigenvalue weighted by Gasteiger charge is -2.13. The molecule has 0 aromatic heterocycles. The van der Waals surface area contributed by atoms with Crippen LogP contribution in [0.1, 0.15) is 22.3 Å². The van der Waals surface area contributed by atoms with Gasteiger partial charge in [0.15, 0.2) is 0 Å². The summed E-state index contributed by atoms with van der Waals surface area (Å²) in [6, 6.07) is 11.9. The van der Waals surface area contributed by atoms with Gasteiger partial charge in [-0.2, -0.15) is 0 Å². The maximum atomic E-state index is 12.0. The molecule has 2 N–H and O–H groups in total. The number of nitrogens with one attached hydrogen (secondary N) is 2. The van der Waals surface area contributed by atoms with Gasteiger partial charge in [-0.05, 0) is 49.6 Å². The molecule has 0 bridgehead atoms. The summed E-state index contributed by atoms with van der Waals surface area (Å²) in [6.45, 7) is 6.52. The Morgan fingerprint density at radius 1 is 1.10 bits per heavy atom. The maximum absolute atomic E-state index is 12.0. The van der Waals surface area contributed by atoms with Crippen LogP contribution < -0.4 is 10.6 Å². The fourth-order valence-electron chi connectivity index (χ4n) is 2.27. The molecule has 0 aliphatic rings. The molecule has 0 aliphatic carbocycles. The minimum atomic E-state index is -0.190. The normalized spacial score (nSPS) is 10.3. The van der Waals surface area contributed by atoms with Crippen LogP contribution in [0.5, 0.6) is 0 Å². The smallest absolute Gasteiger partial charge is 0.319 e. The number of benzene rings is 2. The van der Waals surface area contributed by atoms with Gasteiger partial charge in [0.2, 0.25) is 0 Å². The Morgan fingerprint density at radius 3 is 2.38 bits per heavy atom. The first-order chi connectivity index (χ1) is 9.95. The van der Waals surface area contributed by atoms with Crippen molar-refractivity contribution < 1.29 is 4.79 Å². The number of hydrogen-bond acceptors (Lipinski definition) is 1. The third-order valence-corrected chi connectivity index (χ3v) is 3.73. The molecule has 0 spiro atoms. The Bertz CT molecular complexity index is 645. The Morgan fingerprint density at radius 2 is 1.76 bits per heavy atom. The van der Waals surface area contributed by atoms with Gasteiger partial charge in [0.05, 0.1) is 0 Å². The number of hydrogen-bond donors (Lipinski definition) is 2. The van der Waals surface area contributed by atoms with E-state index in [-0.39, 0.29) is 6.03 Å². The van der Waals surface area contributed by atoms with Crippen LogP contribution in [0, 0.1) is 20.8 Å². The van der Waals surface area contributed by atoms with Gasteiger partial charge >= 0.3 is 6.03 Å². The molecule has 2 rings (SSSR count). The molecule has 0 atom stereocenters. The average molecular weight is 347 g/mol. The lowest BCUT2D eigenvalue weighted by atomic mass is 10.1. The zero-order valence-electron chi connectivity index (χ0n) is 12.5. The van der Waals surface area contributed by atoms with Gasteiger partial charge < -0.3 is 10.6 Å². The standard InChI is InChI=1S/C17H19BrN2O/c1-11-5-4-6-14(7-11)10-19-17(21)20-16-12(2)8-15(18)9-13(16)3/h4-9H,10H2,1-3H3,(H2,19,20,21). The summed E-state index contributed by atoms with van der Waals surface area (Å²) < 4.78 is 1.02. The van der Waals surface area contributed by atoms with E-state index in [2.05, 4.69) is 32.6 Å². The molecule has 0 saturated carbocycles. The highest BCUT2D eigenvalue weighted by atomic mass is 79.9. The van der Waals surface area contributed by atoms with E-state index in [1.807, 2.05) is 51.1 Å². The Kier molecular flexibility index (Phi) is 5.02. The minimum absolute atomic E-state index is 0.190. The third-order valence-electron chi connectivity index (χ3n) is 3.27. The first-order valence-electron chi connectivity index (χ1n) is 6.83. The molecule has 2 amide bonds. The minimum Gasteiger partial charge on any atom is -0.334 e. The van der Waals surface area contributed by atoms with Crippen LogP contribution in [0.4, 0.5) is 10.5 Å². The molecule has 0 aliphatic heterocycles. The molecule has 0 heterocycles. The number of halogens is 1. The topological polar surface area (TPSA) is 41.1 Å². The van der Waals surface area contributed by atoms with Gasteiger partial charge in [0.25, 0.3) is 0 Å². The highest BCUT2D eigenvalue weighted by Crippen LogP contribution is 2.24. The molecular weight excluding hydrogens is 328 g/mol. The van der Waals surface area contributed by atoms with Crippen LogP contribution in [0.2, 0.25) is 0 Å². The predicted octanol–water partition coefficient (Wildman–Crippen LogP) is 4.70. The van der Waals surface area contributed by atoms with Crippen LogP contribution in [0.25, 0.3) is 0 Å². The number of carbonyl (C=O) groups excluding carboxylic acids is 1. The first-order valence-corrected chi connectivity index (χ1v) is 7.62. The van der Waals surface area contributed by atoms with E-state index < -0.39 is 0 Å². The van der Waals surface area contributed by atoms with Crippen molar-refractivity contribution >= 4 is 27.6 Å². The Hall–Kier alpha value is -1.81. The Balaban J connectivity index is 1.99. The molecule has 0 saturated heterocycles.